The molecule has 1 N–H and O–H groups in total. The Hall–Kier alpha value is -0.610. The molecule has 1 fully saturated rings. The lowest BCUT2D eigenvalue weighted by molar-refractivity contribution is -0.138. The molecule has 0 aromatic carbocycles. The van der Waals surface area contributed by atoms with Crippen molar-refractivity contribution in [3.05, 3.63) is 0 Å². The Bertz CT molecular complexity index is 231. The third-order valence-corrected chi connectivity index (χ3v) is 3.56. The van der Waals surface area contributed by atoms with Crippen LogP contribution in [0.5, 0.6) is 0 Å². The quantitative estimate of drug-likeness (QED) is 0.769. The smallest absolute Gasteiger partial charge is 0.304 e. The van der Waals surface area contributed by atoms with Crippen LogP contribution < -0.4 is 0 Å². The van der Waals surface area contributed by atoms with Gasteiger partial charge in [-0.15, -0.1) is 0 Å². The summed E-state index contributed by atoms with van der Waals surface area (Å²) in [6.07, 6.45) is 3.61. The van der Waals surface area contributed by atoms with E-state index in [-0.39, 0.29) is 12.5 Å². The Balaban J connectivity index is 2.53. The molecule has 94 valence electrons. The molecular weight excluding hydrogens is 204 g/mol. The van der Waals surface area contributed by atoms with Crippen molar-refractivity contribution in [2.45, 2.75) is 44.7 Å². The molecule has 0 bridgehead atoms. The maximum absolute atomic E-state index is 10.8. The fourth-order valence-electron chi connectivity index (χ4n) is 2.47. The molecule has 2 unspecified atom stereocenters. The van der Waals surface area contributed by atoms with Crippen molar-refractivity contribution >= 4 is 5.97 Å². The highest BCUT2D eigenvalue weighted by Gasteiger charge is 2.27. The molecule has 0 aromatic heterocycles. The van der Waals surface area contributed by atoms with Crippen molar-refractivity contribution in [3.63, 3.8) is 0 Å². The zero-order valence-electron chi connectivity index (χ0n) is 10.6. The number of aliphatic carboxylic acids is 1. The fourth-order valence-corrected chi connectivity index (χ4v) is 2.47. The highest BCUT2D eigenvalue weighted by atomic mass is 16.4. The van der Waals surface area contributed by atoms with Crippen LogP contribution in [0.4, 0.5) is 0 Å². The molecule has 0 amide bonds. The minimum absolute atomic E-state index is 0.209. The van der Waals surface area contributed by atoms with E-state index in [1.54, 1.807) is 0 Å². The van der Waals surface area contributed by atoms with Crippen molar-refractivity contribution in [3.8, 4) is 0 Å². The first-order chi connectivity index (χ1) is 7.54. The average Bonchev–Trinajstić information content (AvgIpc) is 2.25. The third kappa shape index (κ3) is 3.76. The van der Waals surface area contributed by atoms with Crippen molar-refractivity contribution < 1.29 is 9.90 Å². The zero-order chi connectivity index (χ0) is 12.1. The molecule has 0 radical (unpaired) electrons. The summed E-state index contributed by atoms with van der Waals surface area (Å²) in [4.78, 5) is 15.4. The van der Waals surface area contributed by atoms with Crippen LogP contribution in [0.1, 0.15) is 32.6 Å². The Kier molecular flexibility index (Phi) is 5.22. The Morgan fingerprint density at radius 2 is 2.25 bits per heavy atom. The van der Waals surface area contributed by atoms with Gasteiger partial charge in [-0.1, -0.05) is 6.92 Å². The van der Waals surface area contributed by atoms with E-state index in [1.165, 1.54) is 12.8 Å². The second-order valence-electron chi connectivity index (χ2n) is 4.91. The molecule has 16 heavy (non-hydrogen) atoms. The summed E-state index contributed by atoms with van der Waals surface area (Å²) < 4.78 is 0. The number of piperidine rings is 1. The van der Waals surface area contributed by atoms with Gasteiger partial charge in [-0.25, -0.2) is 0 Å². The SMILES string of the molecule is CCC(CC(=O)O)N1CCCC(N(C)C)C1. The van der Waals surface area contributed by atoms with Crippen LogP contribution >= 0.6 is 0 Å². The van der Waals surface area contributed by atoms with Crippen LogP contribution in [0.15, 0.2) is 0 Å². The number of carbonyl (C=O) groups is 1. The Morgan fingerprint density at radius 1 is 1.56 bits per heavy atom. The van der Waals surface area contributed by atoms with Gasteiger partial charge in [0.15, 0.2) is 0 Å². The van der Waals surface area contributed by atoms with Gasteiger partial charge in [0.05, 0.1) is 6.42 Å². The average molecular weight is 228 g/mol. The summed E-state index contributed by atoms with van der Waals surface area (Å²) in [5.74, 6) is -0.682. The van der Waals surface area contributed by atoms with Gasteiger partial charge in [0.1, 0.15) is 0 Å². The second kappa shape index (κ2) is 6.21. The first-order valence-electron chi connectivity index (χ1n) is 6.16. The summed E-state index contributed by atoms with van der Waals surface area (Å²) in [6, 6.07) is 0.789. The molecule has 1 rings (SSSR count). The fraction of sp³-hybridized carbons (Fsp3) is 0.917. The van der Waals surface area contributed by atoms with Crippen LogP contribution in [0.2, 0.25) is 0 Å². The summed E-state index contributed by atoms with van der Waals surface area (Å²) in [6.45, 7) is 4.14. The van der Waals surface area contributed by atoms with E-state index in [0.29, 0.717) is 6.04 Å². The van der Waals surface area contributed by atoms with Gasteiger partial charge in [-0.2, -0.15) is 0 Å². The van der Waals surface area contributed by atoms with Crippen LogP contribution in [0.25, 0.3) is 0 Å². The minimum Gasteiger partial charge on any atom is -0.481 e. The van der Waals surface area contributed by atoms with Crippen molar-refractivity contribution in [1.29, 1.82) is 0 Å². The number of hydrogen-bond donors (Lipinski definition) is 1. The third-order valence-electron chi connectivity index (χ3n) is 3.56. The highest BCUT2D eigenvalue weighted by Crippen LogP contribution is 2.19. The molecule has 1 heterocycles. The first kappa shape index (κ1) is 13.5. The normalized spacial score (nSPS) is 24.6. The van der Waals surface area contributed by atoms with E-state index in [9.17, 15) is 4.79 Å². The molecule has 1 aliphatic heterocycles. The van der Waals surface area contributed by atoms with Gasteiger partial charge in [0.2, 0.25) is 0 Å². The summed E-state index contributed by atoms with van der Waals surface area (Å²) >= 11 is 0. The lowest BCUT2D eigenvalue weighted by Gasteiger charge is -2.39. The molecule has 0 saturated carbocycles. The van der Waals surface area contributed by atoms with Gasteiger partial charge in [0.25, 0.3) is 0 Å². The summed E-state index contributed by atoms with van der Waals surface area (Å²) in [7, 11) is 4.21. The van der Waals surface area contributed by atoms with E-state index >= 15 is 0 Å². The summed E-state index contributed by atoms with van der Waals surface area (Å²) in [5.41, 5.74) is 0. The number of rotatable bonds is 5. The number of hydrogen-bond acceptors (Lipinski definition) is 3. The van der Waals surface area contributed by atoms with Gasteiger partial charge in [0, 0.05) is 18.6 Å². The molecule has 2 atom stereocenters. The lowest BCUT2D eigenvalue weighted by Crippen LogP contribution is -2.49. The Morgan fingerprint density at radius 3 is 2.75 bits per heavy atom. The number of carboxylic acids is 1. The van der Waals surface area contributed by atoms with Crippen molar-refractivity contribution in [2.75, 3.05) is 27.2 Å². The Labute approximate surface area is 98.2 Å². The number of likely N-dealkylation sites (N-methyl/N-ethyl adjacent to an activating group) is 1. The van der Waals surface area contributed by atoms with Crippen LogP contribution in [0.3, 0.4) is 0 Å². The molecular formula is C12H24N2O2. The van der Waals surface area contributed by atoms with Gasteiger partial charge in [-0.3, -0.25) is 9.69 Å². The largest absolute Gasteiger partial charge is 0.481 e. The number of likely N-dealkylation sites (tertiary alicyclic amines) is 1. The maximum Gasteiger partial charge on any atom is 0.304 e. The standard InChI is InChI=1S/C12H24N2O2/c1-4-10(8-12(15)16)14-7-5-6-11(9-14)13(2)3/h10-11H,4-9H2,1-3H3,(H,15,16). The van der Waals surface area contributed by atoms with Crippen LogP contribution in [-0.2, 0) is 4.79 Å². The van der Waals surface area contributed by atoms with Crippen molar-refractivity contribution in [2.24, 2.45) is 0 Å². The zero-order valence-corrected chi connectivity index (χ0v) is 10.6. The molecule has 1 aliphatic rings. The van der Waals surface area contributed by atoms with Crippen LogP contribution in [-0.4, -0.2) is 60.1 Å². The molecule has 0 spiro atoms. The van der Waals surface area contributed by atoms with E-state index in [2.05, 4.69) is 30.8 Å². The predicted molar refractivity (Wildman–Crippen MR) is 64.6 cm³/mol. The molecule has 1 saturated heterocycles. The number of carboxylic acid groups (broad SMARTS) is 1. The molecule has 4 nitrogen and oxygen atoms in total. The predicted octanol–water partition coefficient (Wildman–Crippen LogP) is 1.27. The van der Waals surface area contributed by atoms with Gasteiger partial charge in [-0.05, 0) is 39.9 Å². The highest BCUT2D eigenvalue weighted by molar-refractivity contribution is 5.67. The monoisotopic (exact) mass is 228 g/mol. The molecule has 4 heteroatoms. The second-order valence-corrected chi connectivity index (χ2v) is 4.91. The molecule has 0 aliphatic carbocycles. The van der Waals surface area contributed by atoms with Gasteiger partial charge < -0.3 is 10.0 Å². The van der Waals surface area contributed by atoms with E-state index in [0.717, 1.165) is 19.5 Å². The van der Waals surface area contributed by atoms with Gasteiger partial charge >= 0.3 is 5.97 Å². The first-order valence-corrected chi connectivity index (χ1v) is 6.16. The van der Waals surface area contributed by atoms with E-state index in [1.807, 2.05) is 0 Å². The number of nitrogens with zero attached hydrogens (tertiary/aromatic N) is 2. The summed E-state index contributed by atoms with van der Waals surface area (Å²) in [5, 5.41) is 8.88. The minimum atomic E-state index is -0.682. The van der Waals surface area contributed by atoms with E-state index in [4.69, 9.17) is 5.11 Å². The van der Waals surface area contributed by atoms with E-state index < -0.39 is 5.97 Å². The van der Waals surface area contributed by atoms with Crippen molar-refractivity contribution in [1.82, 2.24) is 9.80 Å². The van der Waals surface area contributed by atoms with Crippen LogP contribution in [0, 0.1) is 0 Å². The molecule has 0 aromatic rings. The topological polar surface area (TPSA) is 43.8 Å². The maximum atomic E-state index is 10.8. The lowest BCUT2D eigenvalue weighted by atomic mass is 10.0.